The van der Waals surface area contributed by atoms with Crippen molar-refractivity contribution in [3.8, 4) is 5.69 Å². The number of hydrogen-bond donors (Lipinski definition) is 2. The van der Waals surface area contributed by atoms with E-state index >= 15 is 0 Å². The lowest BCUT2D eigenvalue weighted by molar-refractivity contribution is 0.0919. The third kappa shape index (κ3) is 4.39. The molecule has 3 aromatic heterocycles. The van der Waals surface area contributed by atoms with E-state index in [1.165, 1.54) is 0 Å². The summed E-state index contributed by atoms with van der Waals surface area (Å²) in [5.74, 6) is 0.220. The number of pyridine rings is 1. The Hall–Kier alpha value is -3.91. The molecule has 0 saturated heterocycles. The van der Waals surface area contributed by atoms with Crippen molar-refractivity contribution >= 4 is 39.4 Å². The van der Waals surface area contributed by atoms with Crippen LogP contribution in [0.25, 0.3) is 27.6 Å². The van der Waals surface area contributed by atoms with Gasteiger partial charge in [0.1, 0.15) is 0 Å². The molecule has 1 amide bonds. The van der Waals surface area contributed by atoms with Crippen molar-refractivity contribution in [2.45, 2.75) is 52.1 Å². The average molecular weight is 529 g/mol. The molecule has 3 heterocycles. The molecular formula is C29H29ClN6O2. The van der Waals surface area contributed by atoms with Gasteiger partial charge in [0.15, 0.2) is 0 Å². The van der Waals surface area contributed by atoms with E-state index in [1.807, 2.05) is 60.9 Å². The third-order valence-corrected chi connectivity index (χ3v) is 7.96. The number of carbonyl (C=O) groups excluding carboxylic acids is 1. The van der Waals surface area contributed by atoms with E-state index in [4.69, 9.17) is 11.6 Å². The molecule has 0 radical (unpaired) electrons. The molecule has 5 aromatic rings. The van der Waals surface area contributed by atoms with E-state index in [-0.39, 0.29) is 17.6 Å². The van der Waals surface area contributed by atoms with Gasteiger partial charge in [-0.1, -0.05) is 23.7 Å². The summed E-state index contributed by atoms with van der Waals surface area (Å²) in [5.41, 5.74) is 5.62. The molecule has 0 spiro atoms. The smallest absolute Gasteiger partial charge is 0.333 e. The van der Waals surface area contributed by atoms with E-state index in [0.29, 0.717) is 28.7 Å². The van der Waals surface area contributed by atoms with Crippen LogP contribution in [-0.2, 0) is 6.54 Å². The summed E-state index contributed by atoms with van der Waals surface area (Å²) in [6.07, 6.45) is 5.15. The number of amides is 1. The second-order valence-electron chi connectivity index (χ2n) is 10.2. The Morgan fingerprint density at radius 1 is 1.05 bits per heavy atom. The number of nitrogens with zero attached hydrogens (tertiary/aromatic N) is 4. The molecule has 9 heteroatoms. The number of hydrogen-bond acceptors (Lipinski definition) is 4. The molecule has 0 bridgehead atoms. The number of nitrogens with one attached hydrogen (secondary N) is 2. The van der Waals surface area contributed by atoms with Crippen LogP contribution in [0.2, 0.25) is 5.02 Å². The number of aromatic nitrogens is 5. The van der Waals surface area contributed by atoms with Gasteiger partial charge in [0, 0.05) is 24.2 Å². The molecule has 1 aliphatic rings. The maximum absolute atomic E-state index is 13.8. The van der Waals surface area contributed by atoms with Crippen molar-refractivity contribution in [1.29, 1.82) is 0 Å². The highest BCUT2D eigenvalue weighted by molar-refractivity contribution is 6.30. The number of H-pyrrole nitrogens is 1. The Balaban J connectivity index is 1.20. The molecule has 0 aliphatic heterocycles. The van der Waals surface area contributed by atoms with Crippen LogP contribution in [0, 0.1) is 19.8 Å². The molecule has 0 atom stereocenters. The molecule has 8 nitrogen and oxygen atoms in total. The van der Waals surface area contributed by atoms with Crippen molar-refractivity contribution in [2.24, 2.45) is 5.92 Å². The SMILES string of the molecule is Cc1ncc(Cl)cc1C(=O)N[C@H]1CC[C@H](Cn2c(=O)n(-c3ccc4c(C)n[nH]c4c3)c3ccccc32)CC1. The molecule has 6 rings (SSSR count). The third-order valence-electron chi connectivity index (χ3n) is 7.75. The number of imidazole rings is 1. The van der Waals surface area contributed by atoms with Gasteiger partial charge in [-0.15, -0.1) is 0 Å². The van der Waals surface area contributed by atoms with Crippen LogP contribution in [-0.4, -0.2) is 36.3 Å². The van der Waals surface area contributed by atoms with Gasteiger partial charge in [0.25, 0.3) is 5.91 Å². The standard InChI is InChI=1S/C29H29ClN6O2/c1-17-24(13-20(30)15-31-17)28(37)32-21-9-7-19(8-10-21)16-35-26-5-3-4-6-27(26)36(29(35)38)22-11-12-23-18(2)33-34-25(23)14-22/h3-6,11-15,19,21H,7-10,16H2,1-2H3,(H,32,37)(H,33,34)/t19-,21-. The second kappa shape index (κ2) is 9.76. The molecule has 0 unspecified atom stereocenters. The number of benzene rings is 2. The molecule has 1 aliphatic carbocycles. The molecule has 1 saturated carbocycles. The van der Waals surface area contributed by atoms with Crippen molar-refractivity contribution in [3.05, 3.63) is 87.2 Å². The summed E-state index contributed by atoms with van der Waals surface area (Å²) in [4.78, 5) is 30.8. The first-order chi connectivity index (χ1) is 18.4. The average Bonchev–Trinajstić information content (AvgIpc) is 3.42. The highest BCUT2D eigenvalue weighted by atomic mass is 35.5. The predicted molar refractivity (Wildman–Crippen MR) is 149 cm³/mol. The molecular weight excluding hydrogens is 500 g/mol. The summed E-state index contributed by atoms with van der Waals surface area (Å²) >= 11 is 6.05. The van der Waals surface area contributed by atoms with Gasteiger partial charge in [-0.05, 0) is 81.8 Å². The predicted octanol–water partition coefficient (Wildman–Crippen LogP) is 5.32. The zero-order valence-corrected chi connectivity index (χ0v) is 22.1. The maximum Gasteiger partial charge on any atom is 0.333 e. The van der Waals surface area contributed by atoms with Crippen molar-refractivity contribution in [2.75, 3.05) is 0 Å². The molecule has 38 heavy (non-hydrogen) atoms. The van der Waals surface area contributed by atoms with Crippen LogP contribution >= 0.6 is 11.6 Å². The summed E-state index contributed by atoms with van der Waals surface area (Å²) < 4.78 is 3.69. The Kier molecular flexibility index (Phi) is 6.27. The van der Waals surface area contributed by atoms with E-state index in [0.717, 1.165) is 59.0 Å². The quantitative estimate of drug-likeness (QED) is 0.322. The minimum Gasteiger partial charge on any atom is -0.349 e. The lowest BCUT2D eigenvalue weighted by Crippen LogP contribution is -2.39. The fraction of sp³-hybridized carbons (Fsp3) is 0.310. The zero-order chi connectivity index (χ0) is 26.4. The Bertz CT molecular complexity index is 1720. The number of aryl methyl sites for hydroxylation is 2. The largest absolute Gasteiger partial charge is 0.349 e. The summed E-state index contributed by atoms with van der Waals surface area (Å²) in [6.45, 7) is 4.42. The fourth-order valence-corrected chi connectivity index (χ4v) is 5.82. The van der Waals surface area contributed by atoms with Gasteiger partial charge >= 0.3 is 5.69 Å². The van der Waals surface area contributed by atoms with Crippen LogP contribution in [0.15, 0.2) is 59.5 Å². The van der Waals surface area contributed by atoms with Gasteiger partial charge < -0.3 is 5.32 Å². The number of para-hydroxylation sites is 2. The van der Waals surface area contributed by atoms with Crippen LogP contribution in [0.4, 0.5) is 0 Å². The van der Waals surface area contributed by atoms with E-state index in [1.54, 1.807) is 16.8 Å². The normalized spacial score (nSPS) is 17.8. The van der Waals surface area contributed by atoms with Crippen molar-refractivity contribution < 1.29 is 4.79 Å². The Morgan fingerprint density at radius 2 is 1.82 bits per heavy atom. The van der Waals surface area contributed by atoms with Crippen LogP contribution in [0.3, 0.4) is 0 Å². The Labute approximate surface area is 224 Å². The number of halogens is 1. The number of fused-ring (bicyclic) bond motifs is 2. The second-order valence-corrected chi connectivity index (χ2v) is 10.7. The van der Waals surface area contributed by atoms with Crippen LogP contribution < -0.4 is 11.0 Å². The zero-order valence-electron chi connectivity index (χ0n) is 21.4. The Morgan fingerprint density at radius 3 is 2.61 bits per heavy atom. The first-order valence-electron chi connectivity index (χ1n) is 13.0. The number of carbonyl (C=O) groups is 1. The summed E-state index contributed by atoms with van der Waals surface area (Å²) in [5, 5.41) is 12.0. The van der Waals surface area contributed by atoms with Gasteiger partial charge in [0.2, 0.25) is 0 Å². The maximum atomic E-state index is 13.8. The minimum atomic E-state index is -0.135. The van der Waals surface area contributed by atoms with Gasteiger partial charge in [0.05, 0.1) is 44.2 Å². The van der Waals surface area contributed by atoms with Crippen molar-refractivity contribution in [1.82, 2.24) is 29.6 Å². The summed E-state index contributed by atoms with van der Waals surface area (Å²) in [6, 6.07) is 15.7. The number of rotatable bonds is 5. The minimum absolute atomic E-state index is 0.0406. The molecule has 2 aromatic carbocycles. The fourth-order valence-electron chi connectivity index (χ4n) is 5.67. The number of aromatic amines is 1. The highest BCUT2D eigenvalue weighted by Gasteiger charge is 2.26. The first-order valence-corrected chi connectivity index (χ1v) is 13.3. The lowest BCUT2D eigenvalue weighted by atomic mass is 9.85. The van der Waals surface area contributed by atoms with Gasteiger partial charge in [-0.2, -0.15) is 5.10 Å². The molecule has 194 valence electrons. The molecule has 2 N–H and O–H groups in total. The lowest BCUT2D eigenvalue weighted by Gasteiger charge is -2.29. The topological polar surface area (TPSA) is 97.6 Å². The monoisotopic (exact) mass is 528 g/mol. The first kappa shape index (κ1) is 24.4. The summed E-state index contributed by atoms with van der Waals surface area (Å²) in [7, 11) is 0. The highest BCUT2D eigenvalue weighted by Crippen LogP contribution is 2.28. The van der Waals surface area contributed by atoms with E-state index in [9.17, 15) is 9.59 Å². The van der Waals surface area contributed by atoms with Gasteiger partial charge in [-0.25, -0.2) is 4.79 Å². The van der Waals surface area contributed by atoms with Crippen LogP contribution in [0.1, 0.15) is 47.4 Å². The van der Waals surface area contributed by atoms with Crippen molar-refractivity contribution in [3.63, 3.8) is 0 Å². The van der Waals surface area contributed by atoms with E-state index in [2.05, 4.69) is 20.5 Å². The molecule has 1 fully saturated rings. The van der Waals surface area contributed by atoms with Crippen LogP contribution in [0.5, 0.6) is 0 Å². The van der Waals surface area contributed by atoms with Gasteiger partial charge in [-0.3, -0.25) is 24.0 Å². The van der Waals surface area contributed by atoms with E-state index < -0.39 is 0 Å².